The molecule has 0 atom stereocenters. The van der Waals surface area contributed by atoms with E-state index in [2.05, 4.69) is 61.9 Å². The molecule has 1 aliphatic rings. The van der Waals surface area contributed by atoms with E-state index < -0.39 is 0 Å². The summed E-state index contributed by atoms with van der Waals surface area (Å²) in [6.07, 6.45) is 3.51. The van der Waals surface area contributed by atoms with E-state index in [9.17, 15) is 0 Å². The van der Waals surface area contributed by atoms with Gasteiger partial charge in [0.05, 0.1) is 12.2 Å². The molecule has 0 amide bonds. The first-order valence-electron chi connectivity index (χ1n) is 7.90. The van der Waals surface area contributed by atoms with Gasteiger partial charge in [0.1, 0.15) is 5.69 Å². The number of rotatable bonds is 3. The number of fused-ring (bicyclic) bond motifs is 1. The Kier molecular flexibility index (Phi) is 3.63. The van der Waals surface area contributed by atoms with Crippen LogP contribution in [-0.2, 0) is 19.6 Å². The van der Waals surface area contributed by atoms with Crippen LogP contribution in [0.1, 0.15) is 16.8 Å². The summed E-state index contributed by atoms with van der Waals surface area (Å²) in [6.45, 7) is 5.93. The van der Waals surface area contributed by atoms with Crippen molar-refractivity contribution in [2.24, 2.45) is 0 Å². The molecule has 0 bridgehead atoms. The first kappa shape index (κ1) is 14.1. The second-order valence-electron chi connectivity index (χ2n) is 6.01. The highest BCUT2D eigenvalue weighted by Gasteiger charge is 2.19. The molecule has 4 rings (SSSR count). The summed E-state index contributed by atoms with van der Waals surface area (Å²) in [5, 5.41) is 4.64. The molecule has 0 aliphatic carbocycles. The minimum Gasteiger partial charge on any atom is -0.291 e. The lowest BCUT2D eigenvalue weighted by Gasteiger charge is -2.27. The number of nitrogens with zero attached hydrogens (tertiary/aromatic N) is 5. The molecule has 3 heterocycles. The zero-order valence-corrected chi connectivity index (χ0v) is 13.2. The molecule has 1 aliphatic heterocycles. The maximum atomic E-state index is 4.64. The molecular formula is C18H19N5. The van der Waals surface area contributed by atoms with Crippen molar-refractivity contribution in [2.75, 3.05) is 6.54 Å². The Morgan fingerprint density at radius 1 is 1.04 bits per heavy atom. The van der Waals surface area contributed by atoms with Gasteiger partial charge in [-0.25, -0.2) is 9.97 Å². The highest BCUT2D eigenvalue weighted by Crippen LogP contribution is 2.20. The fourth-order valence-corrected chi connectivity index (χ4v) is 2.95. The fourth-order valence-electron chi connectivity index (χ4n) is 2.95. The van der Waals surface area contributed by atoms with Crippen molar-refractivity contribution in [1.29, 1.82) is 0 Å². The highest BCUT2D eigenvalue weighted by molar-refractivity contribution is 5.49. The zero-order valence-electron chi connectivity index (χ0n) is 13.2. The Bertz CT molecular complexity index is 792. The lowest BCUT2D eigenvalue weighted by Crippen LogP contribution is -2.33. The Morgan fingerprint density at radius 2 is 1.83 bits per heavy atom. The van der Waals surface area contributed by atoms with Crippen molar-refractivity contribution in [3.05, 3.63) is 65.6 Å². The van der Waals surface area contributed by atoms with Gasteiger partial charge in [0.25, 0.3) is 0 Å². The Labute approximate surface area is 135 Å². The van der Waals surface area contributed by atoms with Gasteiger partial charge in [0.15, 0.2) is 5.82 Å². The highest BCUT2D eigenvalue weighted by atomic mass is 15.3. The molecular weight excluding hydrogens is 286 g/mol. The van der Waals surface area contributed by atoms with Gasteiger partial charge in [-0.15, -0.1) is 0 Å². The van der Waals surface area contributed by atoms with Crippen molar-refractivity contribution < 1.29 is 0 Å². The van der Waals surface area contributed by atoms with Crippen LogP contribution in [0.4, 0.5) is 0 Å². The van der Waals surface area contributed by atoms with E-state index in [0.29, 0.717) is 5.82 Å². The van der Waals surface area contributed by atoms with E-state index in [4.69, 9.17) is 0 Å². The Morgan fingerprint density at radius 3 is 2.61 bits per heavy atom. The smallest absolute Gasteiger partial charge is 0.179 e. The summed E-state index contributed by atoms with van der Waals surface area (Å²) in [5.41, 5.74) is 4.75. The molecule has 1 aromatic carbocycles. The van der Waals surface area contributed by atoms with E-state index in [-0.39, 0.29) is 0 Å². The third kappa shape index (κ3) is 3.00. The molecule has 5 heteroatoms. The van der Waals surface area contributed by atoms with Crippen LogP contribution in [0.2, 0.25) is 0 Å². The fraction of sp³-hybridized carbons (Fsp3) is 0.278. The van der Waals surface area contributed by atoms with Gasteiger partial charge in [-0.05, 0) is 24.6 Å². The average Bonchev–Trinajstić information content (AvgIpc) is 3.01. The second kappa shape index (κ2) is 5.93. The summed E-state index contributed by atoms with van der Waals surface area (Å²) in [5.74, 6) is 0.694. The molecule has 0 N–H and O–H groups in total. The van der Waals surface area contributed by atoms with Gasteiger partial charge >= 0.3 is 0 Å². The van der Waals surface area contributed by atoms with Crippen LogP contribution in [-0.4, -0.2) is 31.2 Å². The van der Waals surface area contributed by atoms with Crippen LogP contribution in [0.5, 0.6) is 0 Å². The minimum absolute atomic E-state index is 0.694. The Balaban J connectivity index is 1.51. The van der Waals surface area contributed by atoms with Crippen molar-refractivity contribution >= 4 is 0 Å². The zero-order chi connectivity index (χ0) is 15.6. The number of benzene rings is 1. The summed E-state index contributed by atoms with van der Waals surface area (Å²) in [6, 6.07) is 12.7. The van der Waals surface area contributed by atoms with Gasteiger partial charge in [-0.1, -0.05) is 29.8 Å². The predicted molar refractivity (Wildman–Crippen MR) is 88.5 cm³/mol. The van der Waals surface area contributed by atoms with E-state index >= 15 is 0 Å². The third-order valence-electron chi connectivity index (χ3n) is 4.20. The molecule has 3 aromatic rings. The van der Waals surface area contributed by atoms with Gasteiger partial charge in [-0.2, -0.15) is 5.10 Å². The molecule has 0 radical (unpaired) electrons. The first-order chi connectivity index (χ1) is 11.3. The second-order valence-corrected chi connectivity index (χ2v) is 6.01. The lowest BCUT2D eigenvalue weighted by molar-refractivity contribution is 0.205. The number of hydrogen-bond donors (Lipinski definition) is 0. The maximum Gasteiger partial charge on any atom is 0.179 e. The van der Waals surface area contributed by atoms with Gasteiger partial charge in [-0.3, -0.25) is 9.58 Å². The number of hydrogen-bond acceptors (Lipinski definition) is 4. The third-order valence-corrected chi connectivity index (χ3v) is 4.20. The molecule has 5 nitrogen and oxygen atoms in total. The standard InChI is InChI=1S/C18H19N5/c1-14-3-5-15(6-4-14)12-22-9-10-23-16(13-22)11-17(21-23)18-19-7-2-8-20-18/h2-8,11H,9-10,12-13H2,1H3. The minimum atomic E-state index is 0.694. The van der Waals surface area contributed by atoms with Crippen LogP contribution in [0.3, 0.4) is 0 Å². The van der Waals surface area contributed by atoms with Crippen molar-refractivity contribution in [1.82, 2.24) is 24.6 Å². The van der Waals surface area contributed by atoms with Crippen LogP contribution >= 0.6 is 0 Å². The molecule has 0 spiro atoms. The average molecular weight is 305 g/mol. The lowest BCUT2D eigenvalue weighted by atomic mass is 10.1. The largest absolute Gasteiger partial charge is 0.291 e. The van der Waals surface area contributed by atoms with E-state index in [1.165, 1.54) is 16.8 Å². The van der Waals surface area contributed by atoms with E-state index in [1.54, 1.807) is 12.4 Å². The quantitative estimate of drug-likeness (QED) is 0.746. The SMILES string of the molecule is Cc1ccc(CN2CCn3nc(-c4ncccn4)cc3C2)cc1. The van der Waals surface area contributed by atoms with Crippen LogP contribution in [0.15, 0.2) is 48.8 Å². The Hall–Kier alpha value is -2.53. The molecule has 0 saturated carbocycles. The maximum absolute atomic E-state index is 4.64. The number of aryl methyl sites for hydroxylation is 1. The van der Waals surface area contributed by atoms with Crippen molar-refractivity contribution in [3.63, 3.8) is 0 Å². The first-order valence-corrected chi connectivity index (χ1v) is 7.90. The van der Waals surface area contributed by atoms with Gasteiger partial charge in [0, 0.05) is 32.0 Å². The topological polar surface area (TPSA) is 46.8 Å². The molecule has 23 heavy (non-hydrogen) atoms. The molecule has 116 valence electrons. The summed E-state index contributed by atoms with van der Waals surface area (Å²) < 4.78 is 2.08. The van der Waals surface area contributed by atoms with E-state index in [0.717, 1.165) is 31.9 Å². The molecule has 2 aromatic heterocycles. The van der Waals surface area contributed by atoms with Crippen LogP contribution < -0.4 is 0 Å². The van der Waals surface area contributed by atoms with Gasteiger partial charge < -0.3 is 0 Å². The van der Waals surface area contributed by atoms with Gasteiger partial charge in [0.2, 0.25) is 0 Å². The van der Waals surface area contributed by atoms with Crippen LogP contribution in [0.25, 0.3) is 11.5 Å². The number of aromatic nitrogens is 4. The molecule has 0 unspecified atom stereocenters. The normalized spacial score (nSPS) is 14.7. The van der Waals surface area contributed by atoms with Crippen LogP contribution in [0, 0.1) is 6.92 Å². The summed E-state index contributed by atoms with van der Waals surface area (Å²) in [7, 11) is 0. The van der Waals surface area contributed by atoms with Crippen molar-refractivity contribution in [3.8, 4) is 11.5 Å². The molecule has 0 fully saturated rings. The molecule has 0 saturated heterocycles. The monoisotopic (exact) mass is 305 g/mol. The van der Waals surface area contributed by atoms with E-state index in [1.807, 2.05) is 6.07 Å². The summed E-state index contributed by atoms with van der Waals surface area (Å²) in [4.78, 5) is 11.0. The van der Waals surface area contributed by atoms with Crippen molar-refractivity contribution in [2.45, 2.75) is 26.6 Å². The summed E-state index contributed by atoms with van der Waals surface area (Å²) >= 11 is 0. The predicted octanol–water partition coefficient (Wildman–Crippen LogP) is 2.66.